The summed E-state index contributed by atoms with van der Waals surface area (Å²) in [5.74, 6) is 0.197. The number of amides is 2. The molecular weight excluding hydrogens is 280 g/mol. The Bertz CT molecular complexity index is 610. The molecule has 22 heavy (non-hydrogen) atoms. The van der Waals surface area contributed by atoms with Crippen LogP contribution in [0.25, 0.3) is 11.3 Å². The lowest BCUT2D eigenvalue weighted by Gasteiger charge is -2.31. The van der Waals surface area contributed by atoms with Gasteiger partial charge in [0.1, 0.15) is 0 Å². The number of aromatic amines is 1. The van der Waals surface area contributed by atoms with Gasteiger partial charge in [-0.05, 0) is 42.5 Å². The second-order valence-corrected chi connectivity index (χ2v) is 5.61. The number of benzene rings is 1. The number of likely N-dealkylation sites (tertiary alicyclic amines) is 1. The third-order valence-electron chi connectivity index (χ3n) is 4.01. The lowest BCUT2D eigenvalue weighted by molar-refractivity contribution is 0.136. The van der Waals surface area contributed by atoms with E-state index in [1.165, 1.54) is 0 Å². The zero-order valence-electron chi connectivity index (χ0n) is 12.3. The van der Waals surface area contributed by atoms with Crippen molar-refractivity contribution in [2.45, 2.75) is 12.8 Å². The first kappa shape index (κ1) is 14.6. The molecule has 0 saturated carbocycles. The van der Waals surface area contributed by atoms with Gasteiger partial charge in [0.15, 0.2) is 0 Å². The standard InChI is InChI=1S/C16H20N4O2/c21-11-12-2-1-9-20(10-12)16(22)18-14-5-3-13(4-6-14)15-7-8-17-19-15/h3-8,12,21H,1-2,9-11H2,(H,17,19)(H,18,22)/t12-/m1/s1. The van der Waals surface area contributed by atoms with Gasteiger partial charge in [0.25, 0.3) is 0 Å². The van der Waals surface area contributed by atoms with E-state index in [4.69, 9.17) is 0 Å². The first-order valence-electron chi connectivity index (χ1n) is 7.53. The van der Waals surface area contributed by atoms with Crippen molar-refractivity contribution in [1.29, 1.82) is 0 Å². The number of carbonyl (C=O) groups excluding carboxylic acids is 1. The predicted molar refractivity (Wildman–Crippen MR) is 84.4 cm³/mol. The fourth-order valence-corrected chi connectivity index (χ4v) is 2.75. The van der Waals surface area contributed by atoms with Crippen molar-refractivity contribution in [2.75, 3.05) is 25.0 Å². The van der Waals surface area contributed by atoms with E-state index in [2.05, 4.69) is 15.5 Å². The van der Waals surface area contributed by atoms with Crippen LogP contribution in [0.15, 0.2) is 36.5 Å². The highest BCUT2D eigenvalue weighted by Gasteiger charge is 2.23. The summed E-state index contributed by atoms with van der Waals surface area (Å²) in [6.45, 7) is 1.51. The van der Waals surface area contributed by atoms with E-state index in [0.717, 1.165) is 36.3 Å². The number of rotatable bonds is 3. The molecule has 1 aliphatic heterocycles. The minimum Gasteiger partial charge on any atom is -0.396 e. The lowest BCUT2D eigenvalue weighted by Crippen LogP contribution is -2.43. The van der Waals surface area contributed by atoms with Crippen LogP contribution >= 0.6 is 0 Å². The Kier molecular flexibility index (Phi) is 4.39. The van der Waals surface area contributed by atoms with Crippen LogP contribution < -0.4 is 5.32 Å². The van der Waals surface area contributed by atoms with Crippen LogP contribution in [0.5, 0.6) is 0 Å². The molecule has 2 heterocycles. The lowest BCUT2D eigenvalue weighted by atomic mass is 9.99. The minimum absolute atomic E-state index is 0.104. The highest BCUT2D eigenvalue weighted by atomic mass is 16.3. The molecule has 1 aromatic heterocycles. The van der Waals surface area contributed by atoms with Crippen LogP contribution in [0.2, 0.25) is 0 Å². The van der Waals surface area contributed by atoms with Crippen molar-refractivity contribution in [3.63, 3.8) is 0 Å². The normalized spacial score (nSPS) is 18.2. The summed E-state index contributed by atoms with van der Waals surface area (Å²) < 4.78 is 0. The maximum atomic E-state index is 12.3. The number of hydrogen-bond donors (Lipinski definition) is 3. The Labute approximate surface area is 129 Å². The van der Waals surface area contributed by atoms with Crippen molar-refractivity contribution in [3.05, 3.63) is 36.5 Å². The molecule has 2 amide bonds. The smallest absolute Gasteiger partial charge is 0.321 e. The van der Waals surface area contributed by atoms with Crippen molar-refractivity contribution in [1.82, 2.24) is 15.1 Å². The highest BCUT2D eigenvalue weighted by Crippen LogP contribution is 2.20. The molecule has 116 valence electrons. The summed E-state index contributed by atoms with van der Waals surface area (Å²) in [6, 6.07) is 9.43. The number of carbonyl (C=O) groups is 1. The summed E-state index contributed by atoms with van der Waals surface area (Å²) in [5, 5.41) is 19.0. The van der Waals surface area contributed by atoms with Crippen LogP contribution in [-0.4, -0.2) is 45.9 Å². The van der Waals surface area contributed by atoms with E-state index in [1.54, 1.807) is 11.1 Å². The molecule has 3 N–H and O–H groups in total. The van der Waals surface area contributed by atoms with Crippen LogP contribution in [0.4, 0.5) is 10.5 Å². The zero-order valence-corrected chi connectivity index (χ0v) is 12.3. The molecule has 0 bridgehead atoms. The quantitative estimate of drug-likeness (QED) is 0.813. The van der Waals surface area contributed by atoms with Gasteiger partial charge in [-0.15, -0.1) is 0 Å². The van der Waals surface area contributed by atoms with Crippen LogP contribution in [0.3, 0.4) is 0 Å². The SMILES string of the molecule is O=C(Nc1ccc(-c2ccn[nH]2)cc1)N1CCC[C@@H](CO)C1. The van der Waals surface area contributed by atoms with E-state index >= 15 is 0 Å². The van der Waals surface area contributed by atoms with Gasteiger partial charge >= 0.3 is 6.03 Å². The molecule has 1 aliphatic rings. The maximum absolute atomic E-state index is 12.3. The Morgan fingerprint density at radius 2 is 2.18 bits per heavy atom. The molecule has 0 radical (unpaired) electrons. The van der Waals surface area contributed by atoms with Crippen molar-refractivity contribution < 1.29 is 9.90 Å². The molecule has 0 spiro atoms. The number of anilines is 1. The maximum Gasteiger partial charge on any atom is 0.321 e. The summed E-state index contributed by atoms with van der Waals surface area (Å²) in [4.78, 5) is 14.0. The predicted octanol–water partition coefficient (Wildman–Crippen LogP) is 2.31. The fraction of sp³-hybridized carbons (Fsp3) is 0.375. The van der Waals surface area contributed by atoms with Gasteiger partial charge in [-0.2, -0.15) is 5.10 Å². The summed E-state index contributed by atoms with van der Waals surface area (Å²) >= 11 is 0. The van der Waals surface area contributed by atoms with Crippen LogP contribution in [-0.2, 0) is 0 Å². The van der Waals surface area contributed by atoms with Gasteiger partial charge in [-0.25, -0.2) is 4.79 Å². The van der Waals surface area contributed by atoms with Gasteiger partial charge in [0, 0.05) is 31.6 Å². The molecule has 1 saturated heterocycles. The van der Waals surface area contributed by atoms with Crippen molar-refractivity contribution in [3.8, 4) is 11.3 Å². The van der Waals surface area contributed by atoms with Crippen LogP contribution in [0.1, 0.15) is 12.8 Å². The first-order valence-corrected chi connectivity index (χ1v) is 7.53. The number of H-pyrrole nitrogens is 1. The third-order valence-corrected chi connectivity index (χ3v) is 4.01. The Hall–Kier alpha value is -2.34. The third kappa shape index (κ3) is 3.28. The number of nitrogens with zero attached hydrogens (tertiary/aromatic N) is 2. The first-order chi connectivity index (χ1) is 10.8. The van der Waals surface area contributed by atoms with Gasteiger partial charge in [-0.3, -0.25) is 5.10 Å². The van der Waals surface area contributed by atoms with E-state index in [9.17, 15) is 9.90 Å². The number of urea groups is 1. The zero-order chi connectivity index (χ0) is 15.4. The molecule has 0 unspecified atom stereocenters. The molecular formula is C16H20N4O2. The highest BCUT2D eigenvalue weighted by molar-refractivity contribution is 5.89. The molecule has 3 rings (SSSR count). The molecule has 1 atom stereocenters. The summed E-state index contributed by atoms with van der Waals surface area (Å²) in [6.07, 6.45) is 3.63. The fourth-order valence-electron chi connectivity index (χ4n) is 2.75. The Morgan fingerprint density at radius 1 is 1.36 bits per heavy atom. The summed E-state index contributed by atoms with van der Waals surface area (Å²) in [7, 11) is 0. The van der Waals surface area contributed by atoms with E-state index < -0.39 is 0 Å². The molecule has 1 fully saturated rings. The topological polar surface area (TPSA) is 81.2 Å². The Morgan fingerprint density at radius 3 is 2.86 bits per heavy atom. The largest absolute Gasteiger partial charge is 0.396 e. The van der Waals surface area contributed by atoms with E-state index in [1.807, 2.05) is 30.3 Å². The second kappa shape index (κ2) is 6.62. The van der Waals surface area contributed by atoms with Gasteiger partial charge in [0.2, 0.25) is 0 Å². The second-order valence-electron chi connectivity index (χ2n) is 5.61. The number of hydrogen-bond acceptors (Lipinski definition) is 3. The average molecular weight is 300 g/mol. The number of aliphatic hydroxyl groups excluding tert-OH is 1. The van der Waals surface area contributed by atoms with E-state index in [-0.39, 0.29) is 18.6 Å². The molecule has 1 aromatic carbocycles. The van der Waals surface area contributed by atoms with Gasteiger partial charge < -0.3 is 15.3 Å². The molecule has 2 aromatic rings. The Balaban J connectivity index is 1.62. The van der Waals surface area contributed by atoms with Gasteiger partial charge in [-0.1, -0.05) is 12.1 Å². The minimum atomic E-state index is -0.104. The number of piperidine rings is 1. The average Bonchev–Trinajstić information content (AvgIpc) is 3.10. The van der Waals surface area contributed by atoms with Crippen molar-refractivity contribution in [2.24, 2.45) is 5.92 Å². The monoisotopic (exact) mass is 300 g/mol. The molecule has 0 aliphatic carbocycles. The number of aliphatic hydroxyl groups is 1. The number of aromatic nitrogens is 2. The molecule has 6 nitrogen and oxygen atoms in total. The van der Waals surface area contributed by atoms with Crippen molar-refractivity contribution >= 4 is 11.7 Å². The van der Waals surface area contributed by atoms with E-state index in [0.29, 0.717) is 6.54 Å². The van der Waals surface area contributed by atoms with Gasteiger partial charge in [0.05, 0.1) is 5.69 Å². The molecule has 6 heteroatoms. The van der Waals surface area contributed by atoms with Crippen LogP contribution in [0, 0.1) is 5.92 Å². The summed E-state index contributed by atoms with van der Waals surface area (Å²) in [5.41, 5.74) is 2.73. The number of nitrogens with one attached hydrogen (secondary N) is 2.